The van der Waals surface area contributed by atoms with E-state index in [0.717, 1.165) is 44.9 Å². The maximum absolute atomic E-state index is 11.5. The van der Waals surface area contributed by atoms with Gasteiger partial charge >= 0.3 is 5.97 Å². The highest BCUT2D eigenvalue weighted by Gasteiger charge is 2.02. The van der Waals surface area contributed by atoms with Gasteiger partial charge in [0, 0.05) is 19.3 Å². The Hall–Kier alpha value is -0.860. The number of hydrogen-bond acceptors (Lipinski definition) is 3. The van der Waals surface area contributed by atoms with Gasteiger partial charge in [-0.3, -0.25) is 9.59 Å². The first-order valence-electron chi connectivity index (χ1n) is 8.29. The molecular weight excluding hydrogens is 252 g/mol. The molecule has 3 nitrogen and oxygen atoms in total. The molecule has 0 aliphatic heterocycles. The third-order valence-electron chi connectivity index (χ3n) is 3.62. The van der Waals surface area contributed by atoms with E-state index in [-0.39, 0.29) is 5.97 Å². The first-order valence-corrected chi connectivity index (χ1v) is 8.29. The molecule has 0 saturated carbocycles. The van der Waals surface area contributed by atoms with Crippen molar-refractivity contribution in [2.24, 2.45) is 0 Å². The Morgan fingerprint density at radius 2 is 1.15 bits per heavy atom. The SMILES string of the molecule is CCCCCC(=O)CCCCCCCCCC(=O)OC. The molecule has 0 spiro atoms. The maximum Gasteiger partial charge on any atom is 0.305 e. The van der Waals surface area contributed by atoms with Gasteiger partial charge in [-0.1, -0.05) is 51.9 Å². The lowest BCUT2D eigenvalue weighted by molar-refractivity contribution is -0.140. The summed E-state index contributed by atoms with van der Waals surface area (Å²) in [5.41, 5.74) is 0. The third kappa shape index (κ3) is 13.6. The summed E-state index contributed by atoms with van der Waals surface area (Å²) in [6.45, 7) is 2.16. The van der Waals surface area contributed by atoms with Crippen LogP contribution in [0, 0.1) is 0 Å². The number of rotatable bonds is 14. The van der Waals surface area contributed by atoms with Crippen molar-refractivity contribution in [3.63, 3.8) is 0 Å². The van der Waals surface area contributed by atoms with Gasteiger partial charge in [0.25, 0.3) is 0 Å². The van der Waals surface area contributed by atoms with Crippen LogP contribution in [0.25, 0.3) is 0 Å². The molecule has 0 radical (unpaired) electrons. The summed E-state index contributed by atoms with van der Waals surface area (Å²) in [4.78, 5) is 22.4. The molecule has 0 aromatic rings. The van der Waals surface area contributed by atoms with Gasteiger partial charge in [-0.15, -0.1) is 0 Å². The van der Waals surface area contributed by atoms with Crippen LogP contribution in [0.1, 0.15) is 90.4 Å². The lowest BCUT2D eigenvalue weighted by Gasteiger charge is -2.02. The molecule has 3 heteroatoms. The first kappa shape index (κ1) is 19.1. The highest BCUT2D eigenvalue weighted by Crippen LogP contribution is 2.11. The Labute approximate surface area is 124 Å². The molecule has 0 aliphatic rings. The fourth-order valence-corrected chi connectivity index (χ4v) is 2.27. The predicted molar refractivity (Wildman–Crippen MR) is 82.7 cm³/mol. The lowest BCUT2D eigenvalue weighted by atomic mass is 10.0. The van der Waals surface area contributed by atoms with Crippen LogP contribution in [0.2, 0.25) is 0 Å². The standard InChI is InChI=1S/C17H32O3/c1-3-4-10-13-16(18)14-11-8-6-5-7-9-12-15-17(19)20-2/h3-15H2,1-2H3. The van der Waals surface area contributed by atoms with Gasteiger partial charge in [0.05, 0.1) is 7.11 Å². The van der Waals surface area contributed by atoms with E-state index in [9.17, 15) is 9.59 Å². The number of carbonyl (C=O) groups is 2. The van der Waals surface area contributed by atoms with E-state index >= 15 is 0 Å². The van der Waals surface area contributed by atoms with Gasteiger partial charge in [0.15, 0.2) is 0 Å². The summed E-state index contributed by atoms with van der Waals surface area (Å²) < 4.78 is 4.60. The summed E-state index contributed by atoms with van der Waals surface area (Å²) >= 11 is 0. The van der Waals surface area contributed by atoms with Crippen LogP contribution < -0.4 is 0 Å². The van der Waals surface area contributed by atoms with Gasteiger partial charge < -0.3 is 4.74 Å². The number of methoxy groups -OCH3 is 1. The van der Waals surface area contributed by atoms with Crippen molar-refractivity contribution in [3.8, 4) is 0 Å². The third-order valence-corrected chi connectivity index (χ3v) is 3.62. The summed E-state index contributed by atoms with van der Waals surface area (Å²) in [6.07, 6.45) is 13.4. The number of ether oxygens (including phenoxy) is 1. The van der Waals surface area contributed by atoms with Crippen molar-refractivity contribution in [3.05, 3.63) is 0 Å². The maximum atomic E-state index is 11.5. The summed E-state index contributed by atoms with van der Waals surface area (Å²) in [5.74, 6) is 0.336. The lowest BCUT2D eigenvalue weighted by Crippen LogP contribution is -1.99. The molecule has 0 saturated heterocycles. The normalized spacial score (nSPS) is 10.5. The van der Waals surface area contributed by atoms with Crippen molar-refractivity contribution in [1.82, 2.24) is 0 Å². The molecular formula is C17H32O3. The molecule has 0 aromatic carbocycles. The van der Waals surface area contributed by atoms with Crippen molar-refractivity contribution in [2.75, 3.05) is 7.11 Å². The number of Topliss-reactive ketones (excluding diaryl/α,β-unsaturated/α-hetero) is 1. The smallest absolute Gasteiger partial charge is 0.305 e. The topological polar surface area (TPSA) is 43.4 Å². The van der Waals surface area contributed by atoms with Crippen molar-refractivity contribution in [1.29, 1.82) is 0 Å². The minimum Gasteiger partial charge on any atom is -0.469 e. The second kappa shape index (κ2) is 14.5. The van der Waals surface area contributed by atoms with Crippen LogP contribution in [-0.2, 0) is 14.3 Å². The number of unbranched alkanes of at least 4 members (excludes halogenated alkanes) is 8. The number of carbonyl (C=O) groups excluding carboxylic acids is 2. The highest BCUT2D eigenvalue weighted by molar-refractivity contribution is 5.78. The zero-order chi connectivity index (χ0) is 15.1. The van der Waals surface area contributed by atoms with Crippen LogP contribution in [0.5, 0.6) is 0 Å². The molecule has 0 N–H and O–H groups in total. The van der Waals surface area contributed by atoms with Crippen LogP contribution in [0.15, 0.2) is 0 Å². The van der Waals surface area contributed by atoms with E-state index in [1.54, 1.807) is 0 Å². The number of hydrogen-bond donors (Lipinski definition) is 0. The second-order valence-electron chi connectivity index (χ2n) is 5.55. The van der Waals surface area contributed by atoms with E-state index in [0.29, 0.717) is 12.2 Å². The molecule has 0 unspecified atom stereocenters. The fourth-order valence-electron chi connectivity index (χ4n) is 2.27. The minimum absolute atomic E-state index is 0.105. The average Bonchev–Trinajstić information content (AvgIpc) is 2.45. The molecule has 0 amide bonds. The zero-order valence-corrected chi connectivity index (χ0v) is 13.4. The largest absolute Gasteiger partial charge is 0.469 e. The highest BCUT2D eigenvalue weighted by atomic mass is 16.5. The Morgan fingerprint density at radius 3 is 1.65 bits per heavy atom. The van der Waals surface area contributed by atoms with E-state index in [1.165, 1.54) is 39.2 Å². The van der Waals surface area contributed by atoms with Crippen molar-refractivity contribution in [2.45, 2.75) is 90.4 Å². The van der Waals surface area contributed by atoms with E-state index in [4.69, 9.17) is 0 Å². The minimum atomic E-state index is -0.105. The molecule has 20 heavy (non-hydrogen) atoms. The van der Waals surface area contributed by atoms with Crippen LogP contribution in [-0.4, -0.2) is 18.9 Å². The van der Waals surface area contributed by atoms with Gasteiger partial charge in [0.1, 0.15) is 5.78 Å². The van der Waals surface area contributed by atoms with Crippen molar-refractivity contribution < 1.29 is 14.3 Å². The monoisotopic (exact) mass is 284 g/mol. The van der Waals surface area contributed by atoms with E-state index in [1.807, 2.05) is 0 Å². The number of esters is 1. The van der Waals surface area contributed by atoms with Gasteiger partial charge in [-0.05, 0) is 19.3 Å². The Bertz CT molecular complexity index is 249. The van der Waals surface area contributed by atoms with Gasteiger partial charge in [-0.25, -0.2) is 0 Å². The second-order valence-corrected chi connectivity index (χ2v) is 5.55. The summed E-state index contributed by atoms with van der Waals surface area (Å²) in [5, 5.41) is 0. The zero-order valence-electron chi connectivity index (χ0n) is 13.4. The fraction of sp³-hybridized carbons (Fsp3) is 0.882. The Morgan fingerprint density at radius 1 is 0.700 bits per heavy atom. The molecule has 0 atom stereocenters. The summed E-state index contributed by atoms with van der Waals surface area (Å²) in [6, 6.07) is 0. The molecule has 0 bridgehead atoms. The first-order chi connectivity index (χ1) is 9.70. The molecule has 0 rings (SSSR count). The molecule has 0 aromatic heterocycles. The van der Waals surface area contributed by atoms with Crippen LogP contribution in [0.3, 0.4) is 0 Å². The van der Waals surface area contributed by atoms with Crippen molar-refractivity contribution >= 4 is 11.8 Å². The Balaban J connectivity index is 3.16. The molecule has 0 aliphatic carbocycles. The van der Waals surface area contributed by atoms with Gasteiger partial charge in [-0.2, -0.15) is 0 Å². The van der Waals surface area contributed by atoms with E-state index in [2.05, 4.69) is 11.7 Å². The van der Waals surface area contributed by atoms with Gasteiger partial charge in [0.2, 0.25) is 0 Å². The number of ketones is 1. The quantitative estimate of drug-likeness (QED) is 0.339. The Kier molecular flexibility index (Phi) is 13.9. The molecule has 0 heterocycles. The van der Waals surface area contributed by atoms with E-state index < -0.39 is 0 Å². The predicted octanol–water partition coefficient (Wildman–Crippen LogP) is 4.82. The van der Waals surface area contributed by atoms with Crippen LogP contribution >= 0.6 is 0 Å². The average molecular weight is 284 g/mol. The molecule has 118 valence electrons. The molecule has 0 fully saturated rings. The van der Waals surface area contributed by atoms with Crippen LogP contribution in [0.4, 0.5) is 0 Å². The summed E-state index contributed by atoms with van der Waals surface area (Å²) in [7, 11) is 1.44.